The van der Waals surface area contributed by atoms with Crippen molar-refractivity contribution in [3.8, 4) is 16.9 Å². The molecular weight excluding hydrogens is 406 g/mol. The summed E-state index contributed by atoms with van der Waals surface area (Å²) in [5, 5.41) is 4.79. The lowest BCUT2D eigenvalue weighted by Crippen LogP contribution is -2.10. The second-order valence-electron chi connectivity index (χ2n) is 5.80. The number of sulfone groups is 1. The van der Waals surface area contributed by atoms with E-state index >= 15 is 0 Å². The largest absolute Gasteiger partial charge is 0.496 e. The van der Waals surface area contributed by atoms with Crippen LogP contribution < -0.4 is 10.1 Å². The number of hydrogen-bond donors (Lipinski definition) is 1. The number of hydrogen-bond acceptors (Lipinski definition) is 5. The maximum Gasteiger partial charge on any atom is 0.265 e. The first-order chi connectivity index (χ1) is 12.8. The van der Waals surface area contributed by atoms with E-state index in [1.54, 1.807) is 13.2 Å². The summed E-state index contributed by atoms with van der Waals surface area (Å²) in [5.41, 5.74) is 2.07. The van der Waals surface area contributed by atoms with Gasteiger partial charge in [-0.25, -0.2) is 8.42 Å². The van der Waals surface area contributed by atoms with E-state index in [0.29, 0.717) is 10.6 Å². The van der Waals surface area contributed by atoms with Crippen molar-refractivity contribution < 1.29 is 17.9 Å². The van der Waals surface area contributed by atoms with Crippen LogP contribution in [0, 0.1) is 0 Å². The summed E-state index contributed by atoms with van der Waals surface area (Å²) in [6.07, 6.45) is 1.09. The zero-order valence-electron chi connectivity index (χ0n) is 14.5. The molecule has 5 nitrogen and oxygen atoms in total. The van der Waals surface area contributed by atoms with Crippen LogP contribution in [-0.2, 0) is 9.84 Å². The molecule has 1 N–H and O–H groups in total. The third-order valence-corrected chi connectivity index (χ3v) is 6.04. The van der Waals surface area contributed by atoms with E-state index in [-0.39, 0.29) is 15.8 Å². The number of carbonyl (C=O) groups excluding carboxylic acids is 1. The normalized spacial score (nSPS) is 11.2. The van der Waals surface area contributed by atoms with Gasteiger partial charge >= 0.3 is 0 Å². The van der Waals surface area contributed by atoms with Crippen molar-refractivity contribution in [2.45, 2.75) is 4.90 Å². The quantitative estimate of drug-likeness (QED) is 0.646. The standard InChI is InChI=1S/C19H16ClNO4S2/c1-25-17-6-4-3-5-16(17)12-7-18(26-11-12)19(22)21-14-8-13(20)9-15(10-14)27(2,23)24/h3-11H,1-2H3,(H,21,22). The fourth-order valence-electron chi connectivity index (χ4n) is 2.52. The molecule has 0 bridgehead atoms. The number of ether oxygens (including phenoxy) is 1. The highest BCUT2D eigenvalue weighted by Gasteiger charge is 2.15. The van der Waals surface area contributed by atoms with Gasteiger partial charge in [-0.3, -0.25) is 4.79 Å². The van der Waals surface area contributed by atoms with E-state index in [4.69, 9.17) is 16.3 Å². The number of rotatable bonds is 5. The summed E-state index contributed by atoms with van der Waals surface area (Å²) in [6.45, 7) is 0. The van der Waals surface area contributed by atoms with Crippen molar-refractivity contribution >= 4 is 44.4 Å². The van der Waals surface area contributed by atoms with Gasteiger partial charge in [-0.1, -0.05) is 29.8 Å². The molecule has 0 unspecified atom stereocenters. The van der Waals surface area contributed by atoms with Crippen LogP contribution in [0.15, 0.2) is 58.8 Å². The zero-order chi connectivity index (χ0) is 19.6. The van der Waals surface area contributed by atoms with Gasteiger partial charge in [-0.15, -0.1) is 11.3 Å². The molecule has 0 fully saturated rings. The Hall–Kier alpha value is -2.35. The van der Waals surface area contributed by atoms with Gasteiger partial charge in [0.2, 0.25) is 0 Å². The molecule has 1 heterocycles. The Morgan fingerprint density at radius 2 is 1.89 bits per heavy atom. The number of nitrogens with one attached hydrogen (secondary N) is 1. The highest BCUT2D eigenvalue weighted by molar-refractivity contribution is 7.90. The Morgan fingerprint density at radius 1 is 1.15 bits per heavy atom. The van der Waals surface area contributed by atoms with Crippen LogP contribution in [0.5, 0.6) is 5.75 Å². The fourth-order valence-corrected chi connectivity index (χ4v) is 4.31. The summed E-state index contributed by atoms with van der Waals surface area (Å²) in [7, 11) is -1.84. The van der Waals surface area contributed by atoms with Crippen molar-refractivity contribution in [1.82, 2.24) is 0 Å². The van der Waals surface area contributed by atoms with Crippen LogP contribution in [0.4, 0.5) is 5.69 Å². The Balaban J connectivity index is 1.86. The predicted molar refractivity (Wildman–Crippen MR) is 109 cm³/mol. The Bertz CT molecular complexity index is 1110. The van der Waals surface area contributed by atoms with Gasteiger partial charge in [0, 0.05) is 22.5 Å². The van der Waals surface area contributed by atoms with E-state index in [9.17, 15) is 13.2 Å². The lowest BCUT2D eigenvalue weighted by molar-refractivity contribution is 0.103. The first-order valence-electron chi connectivity index (χ1n) is 7.82. The van der Waals surface area contributed by atoms with Gasteiger partial charge in [0.1, 0.15) is 5.75 Å². The molecule has 140 valence electrons. The molecule has 8 heteroatoms. The molecule has 0 saturated carbocycles. The van der Waals surface area contributed by atoms with Crippen LogP contribution in [0.1, 0.15) is 9.67 Å². The van der Waals surface area contributed by atoms with Crippen molar-refractivity contribution in [1.29, 1.82) is 0 Å². The molecule has 1 aromatic heterocycles. The minimum Gasteiger partial charge on any atom is -0.496 e. The number of halogens is 1. The lowest BCUT2D eigenvalue weighted by atomic mass is 10.1. The molecule has 1 amide bonds. The third-order valence-electron chi connectivity index (χ3n) is 3.80. The summed E-state index contributed by atoms with van der Waals surface area (Å²) >= 11 is 7.26. The van der Waals surface area contributed by atoms with Crippen molar-refractivity contribution in [2.24, 2.45) is 0 Å². The second-order valence-corrected chi connectivity index (χ2v) is 9.17. The minimum atomic E-state index is -3.43. The van der Waals surface area contributed by atoms with Crippen LogP contribution in [0.3, 0.4) is 0 Å². The van der Waals surface area contributed by atoms with Crippen molar-refractivity contribution in [3.05, 3.63) is 63.8 Å². The molecule has 3 aromatic rings. The number of methoxy groups -OCH3 is 1. The van der Waals surface area contributed by atoms with Crippen LogP contribution >= 0.6 is 22.9 Å². The van der Waals surface area contributed by atoms with Gasteiger partial charge in [0.05, 0.1) is 16.9 Å². The van der Waals surface area contributed by atoms with Gasteiger partial charge in [0.25, 0.3) is 5.91 Å². The number of amides is 1. The number of carbonyl (C=O) groups is 1. The van der Waals surface area contributed by atoms with Crippen molar-refractivity contribution in [3.63, 3.8) is 0 Å². The monoisotopic (exact) mass is 421 g/mol. The first-order valence-corrected chi connectivity index (χ1v) is 11.0. The topological polar surface area (TPSA) is 72.5 Å². The van der Waals surface area contributed by atoms with Gasteiger partial charge in [0.15, 0.2) is 9.84 Å². The minimum absolute atomic E-state index is 0.0474. The number of thiophene rings is 1. The first kappa shape index (κ1) is 19.4. The van der Waals surface area contributed by atoms with Crippen molar-refractivity contribution in [2.75, 3.05) is 18.7 Å². The molecule has 0 aliphatic rings. The fraction of sp³-hybridized carbons (Fsp3) is 0.105. The molecule has 0 aliphatic heterocycles. The van der Waals surface area contributed by atoms with Crippen LogP contribution in [0.2, 0.25) is 5.02 Å². The molecule has 0 aliphatic carbocycles. The molecule has 0 saturated heterocycles. The number of anilines is 1. The zero-order valence-corrected chi connectivity index (χ0v) is 16.9. The van der Waals surface area contributed by atoms with Crippen LogP contribution in [0.25, 0.3) is 11.1 Å². The smallest absolute Gasteiger partial charge is 0.265 e. The maximum absolute atomic E-state index is 12.6. The van der Waals surface area contributed by atoms with E-state index in [2.05, 4.69) is 5.32 Å². The Morgan fingerprint density at radius 3 is 2.59 bits per heavy atom. The average Bonchev–Trinajstić information content (AvgIpc) is 3.10. The SMILES string of the molecule is COc1ccccc1-c1csc(C(=O)Nc2cc(Cl)cc(S(C)(=O)=O)c2)c1. The molecular formula is C19H16ClNO4S2. The molecule has 2 aromatic carbocycles. The Kier molecular flexibility index (Phi) is 5.55. The summed E-state index contributed by atoms with van der Waals surface area (Å²) < 4.78 is 28.8. The highest BCUT2D eigenvalue weighted by Crippen LogP contribution is 2.33. The van der Waals surface area contributed by atoms with E-state index in [0.717, 1.165) is 23.1 Å². The second kappa shape index (κ2) is 7.72. The summed E-state index contributed by atoms with van der Waals surface area (Å²) in [5.74, 6) is 0.373. The molecule has 0 spiro atoms. The van der Waals surface area contributed by atoms with E-state index < -0.39 is 9.84 Å². The van der Waals surface area contributed by atoms with Gasteiger partial charge < -0.3 is 10.1 Å². The molecule has 0 atom stereocenters. The lowest BCUT2D eigenvalue weighted by Gasteiger charge is -2.07. The average molecular weight is 422 g/mol. The number of para-hydroxylation sites is 1. The number of benzene rings is 2. The summed E-state index contributed by atoms with van der Waals surface area (Å²) in [6, 6.07) is 13.5. The summed E-state index contributed by atoms with van der Waals surface area (Å²) in [4.78, 5) is 13.1. The van der Waals surface area contributed by atoms with Gasteiger partial charge in [-0.2, -0.15) is 0 Å². The van der Waals surface area contributed by atoms with Crippen LogP contribution in [-0.4, -0.2) is 27.7 Å². The Labute approximate surface area is 166 Å². The predicted octanol–water partition coefficient (Wildman–Crippen LogP) is 4.73. The van der Waals surface area contributed by atoms with Gasteiger partial charge in [-0.05, 0) is 41.3 Å². The molecule has 27 heavy (non-hydrogen) atoms. The molecule has 0 radical (unpaired) electrons. The van der Waals surface area contributed by atoms with E-state index in [1.165, 1.54) is 29.5 Å². The van der Waals surface area contributed by atoms with E-state index in [1.807, 2.05) is 29.6 Å². The maximum atomic E-state index is 12.6. The third kappa shape index (κ3) is 4.50. The molecule has 3 rings (SSSR count). The highest BCUT2D eigenvalue weighted by atomic mass is 35.5.